The van der Waals surface area contributed by atoms with Gasteiger partial charge in [-0.15, -0.1) is 0 Å². The number of hydrogen-bond acceptors (Lipinski definition) is 3. The summed E-state index contributed by atoms with van der Waals surface area (Å²) in [5.41, 5.74) is 0.730. The predicted octanol–water partition coefficient (Wildman–Crippen LogP) is 1.84. The fourth-order valence-electron chi connectivity index (χ4n) is 3.44. The molecule has 2 saturated heterocycles. The summed E-state index contributed by atoms with van der Waals surface area (Å²) in [4.78, 5) is 14.3. The number of piperidine rings is 1. The van der Waals surface area contributed by atoms with Gasteiger partial charge < -0.3 is 4.90 Å². The number of amides is 1. The van der Waals surface area contributed by atoms with Gasteiger partial charge >= 0.3 is 0 Å². The van der Waals surface area contributed by atoms with Crippen molar-refractivity contribution in [1.82, 2.24) is 13.5 Å². The molecule has 144 valence electrons. The van der Waals surface area contributed by atoms with E-state index in [0.717, 1.165) is 18.4 Å². The molecule has 0 unspecified atom stereocenters. The zero-order chi connectivity index (χ0) is 18.7. The summed E-state index contributed by atoms with van der Waals surface area (Å²) < 4.78 is 41.4. The maximum atomic E-state index is 13.0. The van der Waals surface area contributed by atoms with Crippen LogP contribution in [0.1, 0.15) is 31.7 Å². The first-order chi connectivity index (χ1) is 12.4. The molecule has 0 spiro atoms. The van der Waals surface area contributed by atoms with Crippen molar-refractivity contribution in [2.45, 2.75) is 32.7 Å². The van der Waals surface area contributed by atoms with E-state index in [0.29, 0.717) is 38.5 Å². The second-order valence-electron chi connectivity index (χ2n) is 7.22. The highest BCUT2D eigenvalue weighted by atomic mass is 32.2. The fraction of sp³-hybridized carbons (Fsp3) is 0.611. The number of hydrogen-bond donors (Lipinski definition) is 0. The van der Waals surface area contributed by atoms with Crippen LogP contribution in [0.25, 0.3) is 0 Å². The fourth-order valence-corrected chi connectivity index (χ4v) is 5.07. The minimum absolute atomic E-state index is 0.101. The second kappa shape index (κ2) is 8.02. The van der Waals surface area contributed by atoms with Crippen LogP contribution in [0.5, 0.6) is 0 Å². The monoisotopic (exact) mass is 383 g/mol. The molecule has 0 aliphatic carbocycles. The molecule has 8 heteroatoms. The first-order valence-corrected chi connectivity index (χ1v) is 10.5. The Morgan fingerprint density at radius 2 is 1.69 bits per heavy atom. The van der Waals surface area contributed by atoms with Gasteiger partial charge in [-0.3, -0.25) is 4.79 Å². The van der Waals surface area contributed by atoms with Crippen LogP contribution in [0, 0.1) is 11.7 Å². The summed E-state index contributed by atoms with van der Waals surface area (Å²) in [6.45, 7) is 4.43. The molecule has 1 amide bonds. The van der Waals surface area contributed by atoms with Crippen LogP contribution in [0.4, 0.5) is 4.39 Å². The van der Waals surface area contributed by atoms with Crippen LogP contribution in [-0.4, -0.2) is 60.6 Å². The minimum atomic E-state index is -3.69. The highest BCUT2D eigenvalue weighted by Crippen LogP contribution is 2.21. The van der Waals surface area contributed by atoms with E-state index < -0.39 is 10.2 Å². The summed E-state index contributed by atoms with van der Waals surface area (Å²) in [5, 5.41) is 0. The molecule has 0 saturated carbocycles. The molecule has 2 aliphatic heterocycles. The van der Waals surface area contributed by atoms with E-state index in [1.165, 1.54) is 20.7 Å². The van der Waals surface area contributed by atoms with Crippen molar-refractivity contribution in [3.05, 3.63) is 35.6 Å². The Balaban J connectivity index is 1.64. The molecular weight excluding hydrogens is 357 g/mol. The lowest BCUT2D eigenvalue weighted by atomic mass is 9.99. The normalized spacial score (nSPS) is 22.5. The van der Waals surface area contributed by atoms with Gasteiger partial charge in [-0.2, -0.15) is 17.0 Å². The molecule has 2 fully saturated rings. The summed E-state index contributed by atoms with van der Waals surface area (Å²) >= 11 is 0. The van der Waals surface area contributed by atoms with Gasteiger partial charge in [-0.1, -0.05) is 19.1 Å². The van der Waals surface area contributed by atoms with Crippen LogP contribution in [-0.2, 0) is 21.5 Å². The van der Waals surface area contributed by atoms with Gasteiger partial charge in [0.2, 0.25) is 5.91 Å². The molecule has 1 aromatic carbocycles. The standard InChI is InChI=1S/C18H26FN3O3S/c1-15-7-11-20(12-8-15)18(23)14-22-10-2-9-21(26(22,24)25)13-16-3-5-17(19)6-4-16/h3-6,15H,2,7-14H2,1H3. The molecule has 0 aromatic heterocycles. The largest absolute Gasteiger partial charge is 0.342 e. The molecule has 0 N–H and O–H groups in total. The molecule has 0 bridgehead atoms. The molecule has 6 nitrogen and oxygen atoms in total. The van der Waals surface area contributed by atoms with Gasteiger partial charge in [0.1, 0.15) is 5.82 Å². The first kappa shape index (κ1) is 19.3. The van der Waals surface area contributed by atoms with Gasteiger partial charge in [-0.25, -0.2) is 4.39 Å². The zero-order valence-electron chi connectivity index (χ0n) is 15.1. The second-order valence-corrected chi connectivity index (χ2v) is 9.15. The smallest absolute Gasteiger partial charge is 0.282 e. The zero-order valence-corrected chi connectivity index (χ0v) is 15.9. The predicted molar refractivity (Wildman–Crippen MR) is 96.9 cm³/mol. The van der Waals surface area contributed by atoms with E-state index in [1.54, 1.807) is 17.0 Å². The number of carbonyl (C=O) groups excluding carboxylic acids is 1. The van der Waals surface area contributed by atoms with Gasteiger partial charge in [0, 0.05) is 32.7 Å². The number of nitrogens with zero attached hydrogens (tertiary/aromatic N) is 3. The van der Waals surface area contributed by atoms with E-state index in [9.17, 15) is 17.6 Å². The molecule has 0 atom stereocenters. The number of carbonyl (C=O) groups is 1. The molecule has 26 heavy (non-hydrogen) atoms. The summed E-state index contributed by atoms with van der Waals surface area (Å²) in [6, 6.07) is 5.82. The quantitative estimate of drug-likeness (QED) is 0.797. The van der Waals surface area contributed by atoms with E-state index in [2.05, 4.69) is 6.92 Å². The van der Waals surface area contributed by atoms with Gasteiger partial charge in [0.05, 0.1) is 6.54 Å². The Bertz CT molecular complexity index is 731. The average molecular weight is 383 g/mol. The van der Waals surface area contributed by atoms with Crippen LogP contribution in [0.15, 0.2) is 24.3 Å². The third-order valence-electron chi connectivity index (χ3n) is 5.19. The van der Waals surface area contributed by atoms with Crippen molar-refractivity contribution in [1.29, 1.82) is 0 Å². The SMILES string of the molecule is CC1CCN(C(=O)CN2CCCN(Cc3ccc(F)cc3)S2(=O)=O)CC1. The maximum absolute atomic E-state index is 13.0. The highest BCUT2D eigenvalue weighted by molar-refractivity contribution is 7.86. The Morgan fingerprint density at radius 1 is 1.08 bits per heavy atom. The van der Waals surface area contributed by atoms with E-state index >= 15 is 0 Å². The Kier molecular flexibility index (Phi) is 5.94. The van der Waals surface area contributed by atoms with Crippen molar-refractivity contribution in [2.24, 2.45) is 5.92 Å². The molecule has 2 heterocycles. The number of likely N-dealkylation sites (tertiary alicyclic amines) is 1. The summed E-state index contributed by atoms with van der Waals surface area (Å²) in [5.74, 6) is 0.145. The van der Waals surface area contributed by atoms with E-state index in [4.69, 9.17) is 0 Å². The van der Waals surface area contributed by atoms with Crippen LogP contribution < -0.4 is 0 Å². The van der Waals surface area contributed by atoms with E-state index in [1.807, 2.05) is 0 Å². The van der Waals surface area contributed by atoms with Crippen molar-refractivity contribution >= 4 is 16.1 Å². The van der Waals surface area contributed by atoms with Gasteiger partial charge in [0.15, 0.2) is 0 Å². The average Bonchev–Trinajstić information content (AvgIpc) is 2.61. The highest BCUT2D eigenvalue weighted by Gasteiger charge is 2.35. The molecule has 3 rings (SSSR count). The van der Waals surface area contributed by atoms with Crippen LogP contribution in [0.2, 0.25) is 0 Å². The van der Waals surface area contributed by atoms with Gasteiger partial charge in [-0.05, 0) is 42.9 Å². The third-order valence-corrected chi connectivity index (χ3v) is 7.12. The molecular formula is C18H26FN3O3S. The lowest BCUT2D eigenvalue weighted by Crippen LogP contribution is -2.53. The van der Waals surface area contributed by atoms with E-state index in [-0.39, 0.29) is 24.8 Å². The van der Waals surface area contributed by atoms with Gasteiger partial charge in [0.25, 0.3) is 10.2 Å². The molecule has 0 radical (unpaired) electrons. The third kappa shape index (κ3) is 4.42. The number of rotatable bonds is 4. The first-order valence-electron chi connectivity index (χ1n) is 9.13. The Labute approximate surface area is 154 Å². The van der Waals surface area contributed by atoms with Crippen LogP contribution in [0.3, 0.4) is 0 Å². The summed E-state index contributed by atoms with van der Waals surface area (Å²) in [6.07, 6.45) is 2.61. The van der Waals surface area contributed by atoms with Crippen molar-refractivity contribution in [3.63, 3.8) is 0 Å². The minimum Gasteiger partial charge on any atom is -0.342 e. The topological polar surface area (TPSA) is 60.9 Å². The lowest BCUT2D eigenvalue weighted by Gasteiger charge is -2.36. The van der Waals surface area contributed by atoms with Crippen LogP contribution >= 0.6 is 0 Å². The van der Waals surface area contributed by atoms with Crippen molar-refractivity contribution in [2.75, 3.05) is 32.7 Å². The van der Waals surface area contributed by atoms with Crippen molar-refractivity contribution < 1.29 is 17.6 Å². The number of benzene rings is 1. The number of halogens is 1. The molecule has 2 aliphatic rings. The Morgan fingerprint density at radius 3 is 2.35 bits per heavy atom. The van der Waals surface area contributed by atoms with Crippen molar-refractivity contribution in [3.8, 4) is 0 Å². The lowest BCUT2D eigenvalue weighted by molar-refractivity contribution is -0.132. The Hall–Kier alpha value is -1.51. The molecule has 1 aromatic rings. The summed E-state index contributed by atoms with van der Waals surface area (Å²) in [7, 11) is -3.69. The maximum Gasteiger partial charge on any atom is 0.282 e.